The van der Waals surface area contributed by atoms with Crippen LogP contribution in [0.2, 0.25) is 0 Å². The lowest BCUT2D eigenvalue weighted by molar-refractivity contribution is 0.269. The Morgan fingerprint density at radius 1 is 1.50 bits per heavy atom. The fourth-order valence-corrected chi connectivity index (χ4v) is 1.84. The Morgan fingerprint density at radius 2 is 2.38 bits per heavy atom. The van der Waals surface area contributed by atoms with Gasteiger partial charge in [0.25, 0.3) is 0 Å². The fraction of sp³-hybridized carbons (Fsp3) is 0.273. The minimum Gasteiger partial charge on any atom is -0.394 e. The predicted molar refractivity (Wildman–Crippen MR) is 64.3 cm³/mol. The van der Waals surface area contributed by atoms with E-state index in [0.29, 0.717) is 6.54 Å². The Hall–Kier alpha value is -1.33. The first-order valence-corrected chi connectivity index (χ1v) is 6.19. The van der Waals surface area contributed by atoms with Gasteiger partial charge in [-0.2, -0.15) is 5.10 Å². The SMILES string of the molecule is CSc1ccnc(-c2cnn(CCO)c2)c1. The second-order valence-electron chi connectivity index (χ2n) is 3.30. The van der Waals surface area contributed by atoms with Gasteiger partial charge in [0, 0.05) is 22.9 Å². The van der Waals surface area contributed by atoms with E-state index in [1.54, 1.807) is 28.8 Å². The fourth-order valence-electron chi connectivity index (χ4n) is 1.42. The van der Waals surface area contributed by atoms with Crippen LogP contribution in [0, 0.1) is 0 Å². The number of nitrogens with zero attached hydrogens (tertiary/aromatic N) is 3. The minimum atomic E-state index is 0.0966. The normalized spacial score (nSPS) is 10.6. The average Bonchev–Trinajstić information content (AvgIpc) is 2.78. The lowest BCUT2D eigenvalue weighted by Gasteiger charge is -1.99. The monoisotopic (exact) mass is 235 g/mol. The highest BCUT2D eigenvalue weighted by Gasteiger charge is 2.03. The zero-order valence-electron chi connectivity index (χ0n) is 9.00. The molecule has 2 aromatic rings. The van der Waals surface area contributed by atoms with E-state index in [-0.39, 0.29) is 6.61 Å². The number of aromatic nitrogens is 3. The molecule has 0 aliphatic rings. The van der Waals surface area contributed by atoms with Crippen LogP contribution in [0.4, 0.5) is 0 Å². The van der Waals surface area contributed by atoms with Crippen LogP contribution in [0.3, 0.4) is 0 Å². The third-order valence-corrected chi connectivity index (χ3v) is 2.95. The molecule has 0 atom stereocenters. The lowest BCUT2D eigenvalue weighted by Crippen LogP contribution is -2.01. The Morgan fingerprint density at radius 3 is 3.12 bits per heavy atom. The van der Waals surface area contributed by atoms with Gasteiger partial charge in [-0.1, -0.05) is 0 Å². The Bertz CT molecular complexity index is 470. The summed E-state index contributed by atoms with van der Waals surface area (Å²) in [5, 5.41) is 12.9. The van der Waals surface area contributed by atoms with E-state index in [1.165, 1.54) is 4.90 Å². The van der Waals surface area contributed by atoms with Crippen LogP contribution in [0.15, 0.2) is 35.6 Å². The number of thioether (sulfide) groups is 1. The number of hydrogen-bond acceptors (Lipinski definition) is 4. The van der Waals surface area contributed by atoms with Crippen LogP contribution in [0.1, 0.15) is 0 Å². The molecule has 0 aliphatic heterocycles. The highest BCUT2D eigenvalue weighted by Crippen LogP contribution is 2.21. The first-order valence-electron chi connectivity index (χ1n) is 4.97. The van der Waals surface area contributed by atoms with E-state index in [4.69, 9.17) is 5.11 Å². The van der Waals surface area contributed by atoms with Crippen LogP contribution < -0.4 is 0 Å². The molecule has 2 rings (SSSR count). The molecule has 0 saturated carbocycles. The third-order valence-electron chi connectivity index (χ3n) is 2.23. The summed E-state index contributed by atoms with van der Waals surface area (Å²) < 4.78 is 1.71. The first-order chi connectivity index (χ1) is 7.83. The summed E-state index contributed by atoms with van der Waals surface area (Å²) in [6.45, 7) is 0.613. The molecular weight excluding hydrogens is 222 g/mol. The molecule has 0 bridgehead atoms. The third kappa shape index (κ3) is 2.43. The molecule has 5 heteroatoms. The molecule has 0 unspecified atom stereocenters. The zero-order valence-corrected chi connectivity index (χ0v) is 9.81. The van der Waals surface area contributed by atoms with Gasteiger partial charge in [-0.3, -0.25) is 9.67 Å². The van der Waals surface area contributed by atoms with Crippen molar-refractivity contribution < 1.29 is 5.11 Å². The van der Waals surface area contributed by atoms with Crippen LogP contribution in [0.5, 0.6) is 0 Å². The van der Waals surface area contributed by atoms with Gasteiger partial charge in [-0.15, -0.1) is 11.8 Å². The highest BCUT2D eigenvalue weighted by atomic mass is 32.2. The molecule has 2 aromatic heterocycles. The molecule has 84 valence electrons. The summed E-state index contributed by atoms with van der Waals surface area (Å²) in [6, 6.07) is 4.01. The summed E-state index contributed by atoms with van der Waals surface area (Å²) in [7, 11) is 0. The summed E-state index contributed by atoms with van der Waals surface area (Å²) in [6.07, 6.45) is 7.49. The molecule has 0 aromatic carbocycles. The number of hydrogen-bond donors (Lipinski definition) is 1. The smallest absolute Gasteiger partial charge is 0.0744 e. The Kier molecular flexibility index (Phi) is 3.58. The predicted octanol–water partition coefficient (Wildman–Crippen LogP) is 1.66. The summed E-state index contributed by atoms with van der Waals surface area (Å²) in [5.74, 6) is 0. The van der Waals surface area contributed by atoms with Gasteiger partial charge >= 0.3 is 0 Å². The molecule has 0 radical (unpaired) electrons. The summed E-state index contributed by atoms with van der Waals surface area (Å²) in [5.41, 5.74) is 1.89. The highest BCUT2D eigenvalue weighted by molar-refractivity contribution is 7.98. The van der Waals surface area contributed by atoms with Gasteiger partial charge in [0.1, 0.15) is 0 Å². The second kappa shape index (κ2) is 5.14. The molecule has 0 fully saturated rings. The van der Waals surface area contributed by atoms with Gasteiger partial charge in [-0.05, 0) is 18.4 Å². The van der Waals surface area contributed by atoms with Crippen molar-refractivity contribution in [1.82, 2.24) is 14.8 Å². The van der Waals surface area contributed by atoms with Crippen molar-refractivity contribution in [2.45, 2.75) is 11.4 Å². The van der Waals surface area contributed by atoms with E-state index < -0.39 is 0 Å². The minimum absolute atomic E-state index is 0.0966. The van der Waals surface area contributed by atoms with Gasteiger partial charge in [0.15, 0.2) is 0 Å². The van der Waals surface area contributed by atoms with Crippen molar-refractivity contribution in [3.05, 3.63) is 30.7 Å². The van der Waals surface area contributed by atoms with Crippen molar-refractivity contribution in [2.75, 3.05) is 12.9 Å². The first kappa shape index (κ1) is 11.2. The summed E-state index contributed by atoms with van der Waals surface area (Å²) in [4.78, 5) is 5.48. The van der Waals surface area contributed by atoms with Crippen molar-refractivity contribution in [3.8, 4) is 11.3 Å². The van der Waals surface area contributed by atoms with Gasteiger partial charge in [0.05, 0.1) is 25.0 Å². The van der Waals surface area contributed by atoms with Crippen LogP contribution in [-0.4, -0.2) is 32.7 Å². The van der Waals surface area contributed by atoms with Crippen molar-refractivity contribution >= 4 is 11.8 Å². The van der Waals surface area contributed by atoms with Crippen LogP contribution >= 0.6 is 11.8 Å². The maximum atomic E-state index is 8.80. The largest absolute Gasteiger partial charge is 0.394 e. The topological polar surface area (TPSA) is 50.9 Å². The quantitative estimate of drug-likeness (QED) is 0.819. The standard InChI is InChI=1S/C11H13N3OS/c1-16-10-2-3-12-11(6-10)9-7-13-14(8-9)4-5-15/h2-3,6-8,15H,4-5H2,1H3. The molecular formula is C11H13N3OS. The summed E-state index contributed by atoms with van der Waals surface area (Å²) >= 11 is 1.69. The van der Waals surface area contributed by atoms with E-state index in [9.17, 15) is 0 Å². The van der Waals surface area contributed by atoms with Gasteiger partial charge in [-0.25, -0.2) is 0 Å². The Balaban J connectivity index is 2.27. The molecule has 0 amide bonds. The molecule has 0 saturated heterocycles. The van der Waals surface area contributed by atoms with Gasteiger partial charge < -0.3 is 5.11 Å². The lowest BCUT2D eigenvalue weighted by atomic mass is 10.2. The van der Waals surface area contributed by atoms with E-state index in [0.717, 1.165) is 11.3 Å². The van der Waals surface area contributed by atoms with Crippen molar-refractivity contribution in [1.29, 1.82) is 0 Å². The molecule has 4 nitrogen and oxygen atoms in total. The van der Waals surface area contributed by atoms with E-state index in [2.05, 4.69) is 10.1 Å². The maximum Gasteiger partial charge on any atom is 0.0744 e. The van der Waals surface area contributed by atoms with E-state index >= 15 is 0 Å². The average molecular weight is 235 g/mol. The molecule has 1 N–H and O–H groups in total. The Labute approximate surface area is 98.3 Å². The number of pyridine rings is 1. The van der Waals surface area contributed by atoms with Crippen LogP contribution in [-0.2, 0) is 6.54 Å². The van der Waals surface area contributed by atoms with Crippen molar-refractivity contribution in [3.63, 3.8) is 0 Å². The molecule has 2 heterocycles. The number of aliphatic hydroxyl groups excluding tert-OH is 1. The van der Waals surface area contributed by atoms with Crippen LogP contribution in [0.25, 0.3) is 11.3 Å². The molecule has 0 spiro atoms. The van der Waals surface area contributed by atoms with E-state index in [1.807, 2.05) is 24.6 Å². The number of rotatable bonds is 4. The van der Waals surface area contributed by atoms with Gasteiger partial charge in [0.2, 0.25) is 0 Å². The van der Waals surface area contributed by atoms with Crippen molar-refractivity contribution in [2.24, 2.45) is 0 Å². The second-order valence-corrected chi connectivity index (χ2v) is 4.18. The zero-order chi connectivity index (χ0) is 11.4. The number of aliphatic hydroxyl groups is 1. The molecule has 0 aliphatic carbocycles. The molecule has 16 heavy (non-hydrogen) atoms. The maximum absolute atomic E-state index is 8.80.